The van der Waals surface area contributed by atoms with Crippen LogP contribution in [0.1, 0.15) is 37.8 Å². The predicted octanol–water partition coefficient (Wildman–Crippen LogP) is 7.01. The summed E-state index contributed by atoms with van der Waals surface area (Å²) < 4.78 is 12.1. The SMILES string of the molecule is CC(Oc1ccccc1C(C)C)C(=O)Nc1oc(-c2ccccc2)c(-c2ccccc2)c1C#N. The van der Waals surface area contributed by atoms with Crippen molar-refractivity contribution < 1.29 is 13.9 Å². The summed E-state index contributed by atoms with van der Waals surface area (Å²) in [5.74, 6) is 1.15. The van der Waals surface area contributed by atoms with Crippen LogP contribution in [0.5, 0.6) is 5.75 Å². The van der Waals surface area contributed by atoms with Gasteiger partial charge in [0.05, 0.1) is 0 Å². The van der Waals surface area contributed by atoms with Gasteiger partial charge < -0.3 is 9.15 Å². The van der Waals surface area contributed by atoms with E-state index in [1.807, 2.05) is 84.9 Å². The molecule has 1 amide bonds. The fourth-order valence-electron chi connectivity index (χ4n) is 3.82. The molecule has 0 aliphatic rings. The molecule has 34 heavy (non-hydrogen) atoms. The van der Waals surface area contributed by atoms with E-state index in [9.17, 15) is 10.1 Å². The van der Waals surface area contributed by atoms with Gasteiger partial charge in [0.15, 0.2) is 6.10 Å². The lowest BCUT2D eigenvalue weighted by atomic mass is 9.98. The molecule has 0 bridgehead atoms. The van der Waals surface area contributed by atoms with E-state index < -0.39 is 12.0 Å². The van der Waals surface area contributed by atoms with Crippen molar-refractivity contribution in [3.05, 3.63) is 96.1 Å². The van der Waals surface area contributed by atoms with Gasteiger partial charge in [0.1, 0.15) is 23.1 Å². The van der Waals surface area contributed by atoms with Gasteiger partial charge in [-0.15, -0.1) is 0 Å². The zero-order chi connectivity index (χ0) is 24.1. The number of nitriles is 1. The fourth-order valence-corrected chi connectivity index (χ4v) is 3.82. The van der Waals surface area contributed by atoms with Crippen molar-refractivity contribution in [2.24, 2.45) is 0 Å². The highest BCUT2D eigenvalue weighted by molar-refractivity contribution is 5.97. The van der Waals surface area contributed by atoms with Gasteiger partial charge >= 0.3 is 0 Å². The molecule has 3 aromatic carbocycles. The Morgan fingerprint density at radius 2 is 1.47 bits per heavy atom. The van der Waals surface area contributed by atoms with Crippen molar-refractivity contribution in [1.82, 2.24) is 0 Å². The predicted molar refractivity (Wildman–Crippen MR) is 134 cm³/mol. The third kappa shape index (κ3) is 4.72. The standard InChI is InChI=1S/C29H26N2O3/c1-19(2)23-16-10-11-17-25(23)33-20(3)28(32)31-29-24(18-30)26(21-12-6-4-7-13-21)27(34-29)22-14-8-5-9-15-22/h4-17,19-20H,1-3H3,(H,31,32). The molecule has 0 aliphatic carbocycles. The summed E-state index contributed by atoms with van der Waals surface area (Å²) in [5, 5.41) is 12.8. The quantitative estimate of drug-likeness (QED) is 0.328. The van der Waals surface area contributed by atoms with Crippen LogP contribution in [0.3, 0.4) is 0 Å². The number of carbonyl (C=O) groups is 1. The van der Waals surface area contributed by atoms with E-state index in [1.54, 1.807) is 6.92 Å². The Labute approximate surface area is 199 Å². The zero-order valence-electron chi connectivity index (χ0n) is 19.4. The van der Waals surface area contributed by atoms with Gasteiger partial charge in [0.25, 0.3) is 5.91 Å². The number of rotatable bonds is 7. The minimum Gasteiger partial charge on any atom is -0.481 e. The van der Waals surface area contributed by atoms with Crippen LogP contribution in [-0.4, -0.2) is 12.0 Å². The molecule has 1 aromatic heterocycles. The summed E-state index contributed by atoms with van der Waals surface area (Å²) in [6.07, 6.45) is -0.795. The molecular formula is C29H26N2O3. The van der Waals surface area contributed by atoms with Crippen LogP contribution >= 0.6 is 0 Å². The molecular weight excluding hydrogens is 424 g/mol. The lowest BCUT2D eigenvalue weighted by Gasteiger charge is -2.18. The second-order valence-corrected chi connectivity index (χ2v) is 8.30. The Bertz CT molecular complexity index is 1320. The maximum absolute atomic E-state index is 13.1. The number of ether oxygens (including phenoxy) is 1. The fraction of sp³-hybridized carbons (Fsp3) is 0.172. The van der Waals surface area contributed by atoms with Crippen LogP contribution in [0.15, 0.2) is 89.3 Å². The first-order valence-corrected chi connectivity index (χ1v) is 11.2. The molecule has 0 aliphatic heterocycles. The van der Waals surface area contributed by atoms with Crippen LogP contribution in [-0.2, 0) is 4.79 Å². The van der Waals surface area contributed by atoms with Crippen molar-refractivity contribution in [3.8, 4) is 34.3 Å². The smallest absolute Gasteiger partial charge is 0.267 e. The molecule has 0 saturated heterocycles. The second-order valence-electron chi connectivity index (χ2n) is 8.30. The van der Waals surface area contributed by atoms with Gasteiger partial charge in [-0.1, -0.05) is 92.7 Å². The van der Waals surface area contributed by atoms with Crippen molar-refractivity contribution in [2.45, 2.75) is 32.8 Å². The monoisotopic (exact) mass is 450 g/mol. The van der Waals surface area contributed by atoms with E-state index in [0.29, 0.717) is 17.1 Å². The largest absolute Gasteiger partial charge is 0.481 e. The summed E-state index contributed by atoms with van der Waals surface area (Å²) in [4.78, 5) is 13.1. The van der Waals surface area contributed by atoms with Gasteiger partial charge in [-0.3, -0.25) is 10.1 Å². The van der Waals surface area contributed by atoms with Crippen LogP contribution in [0.4, 0.5) is 5.88 Å². The van der Waals surface area contributed by atoms with Crippen molar-refractivity contribution >= 4 is 11.8 Å². The summed E-state index contributed by atoms with van der Waals surface area (Å²) in [6, 6.07) is 29.0. The van der Waals surface area contributed by atoms with Crippen LogP contribution < -0.4 is 10.1 Å². The lowest BCUT2D eigenvalue weighted by molar-refractivity contribution is -0.122. The topological polar surface area (TPSA) is 75.3 Å². The van der Waals surface area contributed by atoms with Crippen LogP contribution in [0, 0.1) is 11.3 Å². The number of amides is 1. The van der Waals surface area contributed by atoms with E-state index in [0.717, 1.165) is 16.7 Å². The zero-order valence-corrected chi connectivity index (χ0v) is 19.4. The molecule has 1 atom stereocenters. The molecule has 5 nitrogen and oxygen atoms in total. The van der Waals surface area contributed by atoms with Crippen LogP contribution in [0.2, 0.25) is 0 Å². The molecule has 0 spiro atoms. The number of hydrogen-bond donors (Lipinski definition) is 1. The summed E-state index contributed by atoms with van der Waals surface area (Å²) >= 11 is 0. The molecule has 1 N–H and O–H groups in total. The molecule has 0 saturated carbocycles. The number of anilines is 1. The molecule has 4 rings (SSSR count). The number of para-hydroxylation sites is 1. The first-order chi connectivity index (χ1) is 16.5. The minimum absolute atomic E-state index is 0.109. The highest BCUT2D eigenvalue weighted by atomic mass is 16.5. The van der Waals surface area contributed by atoms with Crippen molar-refractivity contribution in [2.75, 3.05) is 5.32 Å². The maximum atomic E-state index is 13.1. The molecule has 5 heteroatoms. The Morgan fingerprint density at radius 3 is 2.09 bits per heavy atom. The molecule has 1 heterocycles. The third-order valence-corrected chi connectivity index (χ3v) is 5.57. The van der Waals surface area contributed by atoms with Gasteiger partial charge in [0, 0.05) is 11.1 Å². The van der Waals surface area contributed by atoms with Crippen molar-refractivity contribution in [3.63, 3.8) is 0 Å². The average molecular weight is 451 g/mol. The molecule has 4 aromatic rings. The number of nitrogens with zero attached hydrogens (tertiary/aromatic N) is 1. The highest BCUT2D eigenvalue weighted by Gasteiger charge is 2.26. The summed E-state index contributed by atoms with van der Waals surface area (Å²) in [7, 11) is 0. The van der Waals surface area contributed by atoms with E-state index in [4.69, 9.17) is 9.15 Å². The normalized spacial score (nSPS) is 11.6. The van der Waals surface area contributed by atoms with E-state index in [-0.39, 0.29) is 17.4 Å². The molecule has 0 radical (unpaired) electrons. The molecule has 1 unspecified atom stereocenters. The number of nitrogens with one attached hydrogen (secondary N) is 1. The maximum Gasteiger partial charge on any atom is 0.267 e. The van der Waals surface area contributed by atoms with E-state index in [1.165, 1.54) is 0 Å². The van der Waals surface area contributed by atoms with Crippen molar-refractivity contribution in [1.29, 1.82) is 5.26 Å². The second kappa shape index (κ2) is 10.1. The van der Waals surface area contributed by atoms with Gasteiger partial charge in [0.2, 0.25) is 5.88 Å². The Hall–Kier alpha value is -4.30. The van der Waals surface area contributed by atoms with E-state index >= 15 is 0 Å². The molecule has 0 fully saturated rings. The Balaban J connectivity index is 1.68. The lowest BCUT2D eigenvalue weighted by Crippen LogP contribution is -2.30. The summed E-state index contributed by atoms with van der Waals surface area (Å²) in [5.41, 5.74) is 3.58. The number of benzene rings is 3. The third-order valence-electron chi connectivity index (χ3n) is 5.57. The summed E-state index contributed by atoms with van der Waals surface area (Å²) in [6.45, 7) is 5.83. The Kier molecular flexibility index (Phi) is 6.79. The Morgan fingerprint density at radius 1 is 0.882 bits per heavy atom. The van der Waals surface area contributed by atoms with Crippen LogP contribution in [0.25, 0.3) is 22.5 Å². The highest BCUT2D eigenvalue weighted by Crippen LogP contribution is 2.41. The molecule has 170 valence electrons. The first kappa shape index (κ1) is 22.9. The van der Waals surface area contributed by atoms with E-state index in [2.05, 4.69) is 25.2 Å². The minimum atomic E-state index is -0.795. The van der Waals surface area contributed by atoms with Gasteiger partial charge in [-0.2, -0.15) is 5.26 Å². The van der Waals surface area contributed by atoms with Gasteiger partial charge in [-0.25, -0.2) is 0 Å². The van der Waals surface area contributed by atoms with Gasteiger partial charge in [-0.05, 0) is 30.0 Å². The number of hydrogen-bond acceptors (Lipinski definition) is 4. The number of carbonyl (C=O) groups excluding carboxylic acids is 1. The number of furan rings is 1. The first-order valence-electron chi connectivity index (χ1n) is 11.2. The average Bonchev–Trinajstić information content (AvgIpc) is 3.23.